The van der Waals surface area contributed by atoms with Gasteiger partial charge in [-0.15, -0.1) is 11.3 Å². The summed E-state index contributed by atoms with van der Waals surface area (Å²) in [5, 5.41) is 0.768. The molecule has 0 atom stereocenters. The predicted molar refractivity (Wildman–Crippen MR) is 128 cm³/mol. The summed E-state index contributed by atoms with van der Waals surface area (Å²) in [6.45, 7) is 3.89. The van der Waals surface area contributed by atoms with Crippen LogP contribution in [0.15, 0.2) is 42.5 Å². The van der Waals surface area contributed by atoms with Gasteiger partial charge in [-0.05, 0) is 73.0 Å². The molecule has 7 heteroatoms. The number of rotatable bonds is 6. The predicted octanol–water partition coefficient (Wildman–Crippen LogP) is 5.42. The normalized spacial score (nSPS) is 10.9. The number of hydrogen-bond donors (Lipinski definition) is 1. The van der Waals surface area contributed by atoms with Crippen LogP contribution in [0.1, 0.15) is 26.5 Å². The van der Waals surface area contributed by atoms with Gasteiger partial charge in [-0.2, -0.15) is 0 Å². The Morgan fingerprint density at radius 2 is 1.69 bits per heavy atom. The lowest BCUT2D eigenvalue weighted by Crippen LogP contribution is -2.02. The van der Waals surface area contributed by atoms with Gasteiger partial charge in [0.25, 0.3) is 0 Å². The van der Waals surface area contributed by atoms with Crippen LogP contribution >= 0.6 is 11.3 Å². The molecule has 0 amide bonds. The van der Waals surface area contributed by atoms with Crippen molar-refractivity contribution in [1.82, 2.24) is 4.98 Å². The Labute approximate surface area is 190 Å². The van der Waals surface area contributed by atoms with Crippen molar-refractivity contribution in [3.05, 3.63) is 64.2 Å². The highest BCUT2D eigenvalue weighted by molar-refractivity contribution is 7.21. The molecule has 0 spiro atoms. The summed E-state index contributed by atoms with van der Waals surface area (Å²) in [7, 11) is 4.82. The zero-order valence-corrected chi connectivity index (χ0v) is 19.4. The summed E-state index contributed by atoms with van der Waals surface area (Å²) >= 11 is 1.31. The molecule has 0 bridgehead atoms. The monoisotopic (exact) mass is 448 g/mol. The van der Waals surface area contributed by atoms with Gasteiger partial charge >= 0.3 is 0 Å². The van der Waals surface area contributed by atoms with Crippen LogP contribution in [0, 0.1) is 13.8 Å². The van der Waals surface area contributed by atoms with E-state index in [4.69, 9.17) is 19.9 Å². The van der Waals surface area contributed by atoms with E-state index in [1.165, 1.54) is 11.3 Å². The van der Waals surface area contributed by atoms with Gasteiger partial charge in [0.15, 0.2) is 11.5 Å². The number of benzene rings is 2. The number of pyridine rings is 1. The number of hydrogen-bond acceptors (Lipinski definition) is 7. The van der Waals surface area contributed by atoms with Gasteiger partial charge in [0.05, 0.1) is 27.0 Å². The number of methoxy groups -OCH3 is 3. The third kappa shape index (κ3) is 3.65. The summed E-state index contributed by atoms with van der Waals surface area (Å²) in [6, 6.07) is 12.9. The van der Waals surface area contributed by atoms with E-state index in [1.807, 2.05) is 32.0 Å². The maximum atomic E-state index is 13.2. The van der Waals surface area contributed by atoms with Crippen LogP contribution in [-0.2, 0) is 0 Å². The van der Waals surface area contributed by atoms with E-state index in [2.05, 4.69) is 4.98 Å². The van der Waals surface area contributed by atoms with Crippen molar-refractivity contribution in [2.24, 2.45) is 0 Å². The zero-order valence-electron chi connectivity index (χ0n) is 18.6. The first kappa shape index (κ1) is 21.6. The second kappa shape index (κ2) is 8.51. The summed E-state index contributed by atoms with van der Waals surface area (Å²) in [5.41, 5.74) is 11.1. The maximum Gasteiger partial charge on any atom is 0.205 e. The highest BCUT2D eigenvalue weighted by Crippen LogP contribution is 2.43. The van der Waals surface area contributed by atoms with Crippen LogP contribution in [0.5, 0.6) is 17.2 Å². The van der Waals surface area contributed by atoms with Gasteiger partial charge in [0, 0.05) is 16.6 Å². The van der Waals surface area contributed by atoms with Gasteiger partial charge in [0.2, 0.25) is 5.78 Å². The number of nitrogens with two attached hydrogens (primary N) is 1. The van der Waals surface area contributed by atoms with E-state index >= 15 is 0 Å². The molecule has 164 valence electrons. The minimum absolute atomic E-state index is 0.139. The van der Waals surface area contributed by atoms with Gasteiger partial charge in [0.1, 0.15) is 15.5 Å². The summed E-state index contributed by atoms with van der Waals surface area (Å²) in [4.78, 5) is 19.1. The Hall–Kier alpha value is -3.58. The highest BCUT2D eigenvalue weighted by atomic mass is 32.1. The topological polar surface area (TPSA) is 83.7 Å². The van der Waals surface area contributed by atoms with Crippen LogP contribution < -0.4 is 19.9 Å². The molecule has 2 heterocycles. The average Bonchev–Trinajstić information content (AvgIpc) is 3.13. The third-order valence-corrected chi connectivity index (χ3v) is 6.46. The van der Waals surface area contributed by atoms with E-state index in [0.717, 1.165) is 32.6 Å². The van der Waals surface area contributed by atoms with Crippen LogP contribution in [0.3, 0.4) is 0 Å². The van der Waals surface area contributed by atoms with Crippen molar-refractivity contribution < 1.29 is 19.0 Å². The second-order valence-corrected chi connectivity index (χ2v) is 8.42. The van der Waals surface area contributed by atoms with E-state index in [1.54, 1.807) is 45.6 Å². The number of ether oxygens (including phenoxy) is 3. The smallest absolute Gasteiger partial charge is 0.205 e. The first-order chi connectivity index (χ1) is 15.4. The molecule has 0 unspecified atom stereocenters. The molecular formula is C25H24N2O4S. The quantitative estimate of drug-likeness (QED) is 0.397. The van der Waals surface area contributed by atoms with Crippen molar-refractivity contribution in [1.29, 1.82) is 0 Å². The molecule has 4 aromatic rings. The van der Waals surface area contributed by atoms with Crippen molar-refractivity contribution >= 4 is 33.0 Å². The number of nitrogen functional groups attached to an aromatic ring is 1. The molecule has 0 radical (unpaired) electrons. The molecule has 0 saturated heterocycles. The number of aromatic nitrogens is 1. The van der Waals surface area contributed by atoms with Crippen molar-refractivity contribution in [3.8, 4) is 28.4 Å². The minimum atomic E-state index is -0.139. The van der Waals surface area contributed by atoms with Gasteiger partial charge in [-0.25, -0.2) is 4.98 Å². The van der Waals surface area contributed by atoms with Crippen molar-refractivity contribution in [3.63, 3.8) is 0 Å². The van der Waals surface area contributed by atoms with E-state index in [-0.39, 0.29) is 5.78 Å². The van der Waals surface area contributed by atoms with Crippen LogP contribution in [0.4, 0.5) is 5.69 Å². The van der Waals surface area contributed by atoms with Crippen LogP contribution in [0.25, 0.3) is 21.3 Å². The van der Waals surface area contributed by atoms with E-state index in [9.17, 15) is 4.79 Å². The van der Waals surface area contributed by atoms with Crippen molar-refractivity contribution in [2.75, 3.05) is 27.1 Å². The summed E-state index contributed by atoms with van der Waals surface area (Å²) < 4.78 is 16.2. The summed E-state index contributed by atoms with van der Waals surface area (Å²) in [5.74, 6) is 1.87. The molecule has 2 N–H and O–H groups in total. The molecule has 0 aliphatic heterocycles. The van der Waals surface area contributed by atoms with Crippen molar-refractivity contribution in [2.45, 2.75) is 13.8 Å². The van der Waals surface area contributed by atoms with Gasteiger partial charge in [-0.1, -0.05) is 0 Å². The lowest BCUT2D eigenvalue weighted by molar-refractivity contribution is 0.104. The molecule has 6 nitrogen and oxygen atoms in total. The Bertz CT molecular complexity index is 1330. The number of anilines is 1. The molecule has 4 rings (SSSR count). The zero-order chi connectivity index (χ0) is 23.0. The fraction of sp³-hybridized carbons (Fsp3) is 0.200. The fourth-order valence-corrected chi connectivity index (χ4v) is 4.95. The minimum Gasteiger partial charge on any atom is -0.497 e. The number of thiophene rings is 1. The lowest BCUT2D eigenvalue weighted by Gasteiger charge is -2.14. The second-order valence-electron chi connectivity index (χ2n) is 7.42. The standard InChI is InChI=1S/C25H24N2O4S/c1-13-10-16(12-19(30-4)23(13)31-5)18-11-14(2)27-25-20(18)21(26)24(32-25)22(28)15-6-8-17(29-3)9-7-15/h6-12H,26H2,1-5H3. The molecule has 0 fully saturated rings. The fourth-order valence-electron chi connectivity index (χ4n) is 3.82. The SMILES string of the molecule is COc1ccc(C(=O)c2sc3nc(C)cc(-c4cc(C)c(OC)c(OC)c4)c3c2N)cc1. The number of nitrogens with zero attached hydrogens (tertiary/aromatic N) is 1. The number of carbonyl (C=O) groups is 1. The van der Waals surface area contributed by atoms with Crippen LogP contribution in [0.2, 0.25) is 0 Å². The molecule has 32 heavy (non-hydrogen) atoms. The number of carbonyl (C=O) groups excluding carboxylic acids is 1. The molecular weight excluding hydrogens is 424 g/mol. The molecule has 2 aromatic heterocycles. The Morgan fingerprint density at radius 3 is 2.31 bits per heavy atom. The third-order valence-electron chi connectivity index (χ3n) is 5.36. The van der Waals surface area contributed by atoms with E-state index < -0.39 is 0 Å². The molecule has 0 aliphatic carbocycles. The number of fused-ring (bicyclic) bond motifs is 1. The maximum absolute atomic E-state index is 13.2. The molecule has 0 aliphatic rings. The first-order valence-electron chi connectivity index (χ1n) is 9.99. The first-order valence-corrected chi connectivity index (χ1v) is 10.8. The lowest BCUT2D eigenvalue weighted by atomic mass is 9.98. The Balaban J connectivity index is 1.90. The Kier molecular flexibility index (Phi) is 5.76. The van der Waals surface area contributed by atoms with Gasteiger partial charge in [-0.3, -0.25) is 4.79 Å². The van der Waals surface area contributed by atoms with E-state index in [0.29, 0.717) is 33.4 Å². The average molecular weight is 449 g/mol. The van der Waals surface area contributed by atoms with Crippen LogP contribution in [-0.4, -0.2) is 32.1 Å². The summed E-state index contributed by atoms with van der Waals surface area (Å²) in [6.07, 6.45) is 0. The van der Waals surface area contributed by atoms with Gasteiger partial charge < -0.3 is 19.9 Å². The largest absolute Gasteiger partial charge is 0.497 e. The Morgan fingerprint density at radius 1 is 0.969 bits per heavy atom. The number of ketones is 1. The molecule has 2 aromatic carbocycles. The molecule has 0 saturated carbocycles. The highest BCUT2D eigenvalue weighted by Gasteiger charge is 2.23. The number of aryl methyl sites for hydroxylation is 2.